The number of nitrogens with zero attached hydrogens (tertiary/aromatic N) is 3. The normalized spacial score (nSPS) is 15.9. The lowest BCUT2D eigenvalue weighted by Crippen LogP contribution is -2.48. The van der Waals surface area contributed by atoms with Gasteiger partial charge in [-0.05, 0) is 24.3 Å². The van der Waals surface area contributed by atoms with Crippen molar-refractivity contribution < 1.29 is 31.2 Å². The average Bonchev–Trinajstić information content (AvgIpc) is 2.67. The highest BCUT2D eigenvalue weighted by atomic mass is 32.2. The molecular formula is C17H16F3N3O5S. The van der Waals surface area contributed by atoms with Gasteiger partial charge >= 0.3 is 6.36 Å². The maximum Gasteiger partial charge on any atom is 0.573 e. The minimum absolute atomic E-state index is 0.0413. The van der Waals surface area contributed by atoms with Crippen LogP contribution in [-0.4, -0.2) is 50.2 Å². The molecule has 2 aromatic rings. The molecule has 0 saturated carbocycles. The van der Waals surface area contributed by atoms with Gasteiger partial charge in [0.1, 0.15) is 10.6 Å². The van der Waals surface area contributed by atoms with Crippen LogP contribution in [0, 0.1) is 10.1 Å². The third-order valence-electron chi connectivity index (χ3n) is 4.36. The lowest BCUT2D eigenvalue weighted by molar-refractivity contribution is -0.384. The minimum Gasteiger partial charge on any atom is -0.404 e. The zero-order valence-electron chi connectivity index (χ0n) is 14.9. The van der Waals surface area contributed by atoms with E-state index < -0.39 is 32.0 Å². The summed E-state index contributed by atoms with van der Waals surface area (Å²) in [5.41, 5.74) is 0.629. The van der Waals surface area contributed by atoms with E-state index in [0.29, 0.717) is 5.69 Å². The van der Waals surface area contributed by atoms with E-state index in [2.05, 4.69) is 4.74 Å². The standard InChI is InChI=1S/C17H16F3N3O5S/c18-17(19,20)28-15-3-1-2-4-16(15)29(26,27)22-11-9-21(10-12-22)13-5-7-14(8-6-13)23(24)25/h1-8H,9-12H2. The van der Waals surface area contributed by atoms with Crippen molar-refractivity contribution in [1.29, 1.82) is 0 Å². The second-order valence-corrected chi connectivity index (χ2v) is 8.07. The van der Waals surface area contributed by atoms with Crippen molar-refractivity contribution in [1.82, 2.24) is 4.31 Å². The number of halogens is 3. The Balaban J connectivity index is 1.74. The maximum atomic E-state index is 12.8. The van der Waals surface area contributed by atoms with Gasteiger partial charge in [0, 0.05) is 44.0 Å². The van der Waals surface area contributed by atoms with Gasteiger partial charge in [-0.15, -0.1) is 13.2 Å². The van der Waals surface area contributed by atoms with Gasteiger partial charge < -0.3 is 9.64 Å². The van der Waals surface area contributed by atoms with Gasteiger partial charge in [0.05, 0.1) is 4.92 Å². The summed E-state index contributed by atoms with van der Waals surface area (Å²) in [5, 5.41) is 10.7. The molecule has 0 spiro atoms. The molecule has 3 rings (SSSR count). The third kappa shape index (κ3) is 4.77. The number of sulfonamides is 1. The number of ether oxygens (including phenoxy) is 1. The first-order valence-corrected chi connectivity index (χ1v) is 9.86. The predicted molar refractivity (Wildman–Crippen MR) is 97.2 cm³/mol. The van der Waals surface area contributed by atoms with Gasteiger partial charge in [0.15, 0.2) is 0 Å². The van der Waals surface area contributed by atoms with Crippen molar-refractivity contribution >= 4 is 21.4 Å². The molecule has 0 bridgehead atoms. The van der Waals surface area contributed by atoms with Crippen LogP contribution < -0.4 is 9.64 Å². The number of piperazine rings is 1. The lowest BCUT2D eigenvalue weighted by atomic mass is 10.2. The summed E-state index contributed by atoms with van der Waals surface area (Å²) >= 11 is 0. The van der Waals surface area contributed by atoms with Crippen LogP contribution >= 0.6 is 0 Å². The number of hydrogen-bond acceptors (Lipinski definition) is 6. The number of benzene rings is 2. The van der Waals surface area contributed by atoms with Crippen LogP contribution in [0.25, 0.3) is 0 Å². The van der Waals surface area contributed by atoms with E-state index in [1.54, 1.807) is 12.1 Å². The number of rotatable bonds is 5. The van der Waals surface area contributed by atoms with Crippen LogP contribution in [0.2, 0.25) is 0 Å². The molecular weight excluding hydrogens is 415 g/mol. The molecule has 12 heteroatoms. The van der Waals surface area contributed by atoms with Crippen molar-refractivity contribution in [2.75, 3.05) is 31.1 Å². The molecule has 0 amide bonds. The molecule has 0 unspecified atom stereocenters. The number of nitro benzene ring substituents is 1. The van der Waals surface area contributed by atoms with Crippen molar-refractivity contribution in [3.05, 3.63) is 58.6 Å². The van der Waals surface area contributed by atoms with Gasteiger partial charge in [-0.1, -0.05) is 12.1 Å². The Labute approximate surface area is 164 Å². The zero-order valence-corrected chi connectivity index (χ0v) is 15.7. The molecule has 2 aromatic carbocycles. The Kier molecular flexibility index (Phi) is 5.66. The first-order valence-electron chi connectivity index (χ1n) is 8.42. The Morgan fingerprint density at radius 1 is 0.966 bits per heavy atom. The van der Waals surface area contributed by atoms with Crippen LogP contribution in [0.4, 0.5) is 24.5 Å². The smallest absolute Gasteiger partial charge is 0.404 e. The molecule has 1 aliphatic heterocycles. The summed E-state index contributed by atoms with van der Waals surface area (Å²) in [6.07, 6.45) is -5.01. The van der Waals surface area contributed by atoms with E-state index in [9.17, 15) is 31.7 Å². The first kappa shape index (κ1) is 20.9. The van der Waals surface area contributed by atoms with E-state index in [0.717, 1.165) is 16.4 Å². The molecule has 0 aliphatic carbocycles. The third-order valence-corrected chi connectivity index (χ3v) is 6.30. The van der Waals surface area contributed by atoms with E-state index in [-0.39, 0.29) is 31.9 Å². The number of anilines is 1. The van der Waals surface area contributed by atoms with Crippen LogP contribution in [-0.2, 0) is 10.0 Å². The summed E-state index contributed by atoms with van der Waals surface area (Å²) in [6, 6.07) is 10.4. The molecule has 1 aliphatic rings. The molecule has 0 aromatic heterocycles. The Morgan fingerprint density at radius 3 is 2.10 bits per heavy atom. The zero-order chi connectivity index (χ0) is 21.2. The van der Waals surface area contributed by atoms with Crippen LogP contribution in [0.15, 0.2) is 53.4 Å². The summed E-state index contributed by atoms with van der Waals surface area (Å²) in [5.74, 6) is -0.780. The minimum atomic E-state index is -5.01. The quantitative estimate of drug-likeness (QED) is 0.534. The summed E-state index contributed by atoms with van der Waals surface area (Å²) < 4.78 is 68.4. The first-order chi connectivity index (χ1) is 13.6. The average molecular weight is 431 g/mol. The SMILES string of the molecule is O=[N+]([O-])c1ccc(N2CCN(S(=O)(=O)c3ccccc3OC(F)(F)F)CC2)cc1. The number of hydrogen-bond donors (Lipinski definition) is 0. The molecule has 0 N–H and O–H groups in total. The lowest BCUT2D eigenvalue weighted by Gasteiger charge is -2.35. The fourth-order valence-electron chi connectivity index (χ4n) is 2.98. The summed E-state index contributed by atoms with van der Waals surface area (Å²) in [4.78, 5) is 11.5. The van der Waals surface area contributed by atoms with Gasteiger partial charge in [0.25, 0.3) is 5.69 Å². The molecule has 1 fully saturated rings. The summed E-state index contributed by atoms with van der Waals surface area (Å²) in [6.45, 7) is 0.637. The van der Waals surface area contributed by atoms with E-state index in [1.807, 2.05) is 4.90 Å². The second-order valence-electron chi connectivity index (χ2n) is 6.16. The molecule has 1 saturated heterocycles. The Morgan fingerprint density at radius 2 is 1.55 bits per heavy atom. The highest BCUT2D eigenvalue weighted by molar-refractivity contribution is 7.89. The predicted octanol–water partition coefficient (Wildman–Crippen LogP) is 3.00. The number of para-hydroxylation sites is 1. The molecule has 29 heavy (non-hydrogen) atoms. The van der Waals surface area contributed by atoms with Crippen LogP contribution in [0.3, 0.4) is 0 Å². The van der Waals surface area contributed by atoms with Crippen molar-refractivity contribution in [3.63, 3.8) is 0 Å². The van der Waals surface area contributed by atoms with E-state index in [4.69, 9.17) is 0 Å². The Hall–Kier alpha value is -2.86. The maximum absolute atomic E-state index is 12.8. The summed E-state index contributed by atoms with van der Waals surface area (Å²) in [7, 11) is -4.20. The van der Waals surface area contributed by atoms with Crippen molar-refractivity contribution in [2.24, 2.45) is 0 Å². The van der Waals surface area contributed by atoms with Crippen molar-refractivity contribution in [3.8, 4) is 5.75 Å². The van der Waals surface area contributed by atoms with Crippen LogP contribution in [0.1, 0.15) is 0 Å². The number of non-ortho nitro benzene ring substituents is 1. The topological polar surface area (TPSA) is 93.0 Å². The molecule has 0 atom stereocenters. The molecule has 0 radical (unpaired) electrons. The fourth-order valence-corrected chi connectivity index (χ4v) is 4.52. The largest absolute Gasteiger partial charge is 0.573 e. The van der Waals surface area contributed by atoms with Gasteiger partial charge in [-0.3, -0.25) is 10.1 Å². The van der Waals surface area contributed by atoms with E-state index >= 15 is 0 Å². The van der Waals surface area contributed by atoms with Gasteiger partial charge in [0.2, 0.25) is 10.0 Å². The Bertz CT molecular complexity index is 988. The molecule has 1 heterocycles. The van der Waals surface area contributed by atoms with Crippen molar-refractivity contribution in [2.45, 2.75) is 11.3 Å². The second kappa shape index (κ2) is 7.87. The molecule has 8 nitrogen and oxygen atoms in total. The highest BCUT2D eigenvalue weighted by Gasteiger charge is 2.36. The number of nitro groups is 1. The molecule has 156 valence electrons. The van der Waals surface area contributed by atoms with Gasteiger partial charge in [-0.25, -0.2) is 8.42 Å². The fraction of sp³-hybridized carbons (Fsp3) is 0.294. The van der Waals surface area contributed by atoms with Crippen LogP contribution in [0.5, 0.6) is 5.75 Å². The number of alkyl halides is 3. The highest BCUT2D eigenvalue weighted by Crippen LogP contribution is 2.32. The van der Waals surface area contributed by atoms with Gasteiger partial charge in [-0.2, -0.15) is 4.31 Å². The monoisotopic (exact) mass is 431 g/mol. The van der Waals surface area contributed by atoms with E-state index in [1.165, 1.54) is 24.3 Å².